The van der Waals surface area contributed by atoms with Gasteiger partial charge in [0.15, 0.2) is 6.61 Å². The lowest BCUT2D eigenvalue weighted by atomic mass is 10.1. The first-order valence-electron chi connectivity index (χ1n) is 7.85. The van der Waals surface area contributed by atoms with Crippen LogP contribution < -0.4 is 0 Å². The van der Waals surface area contributed by atoms with Crippen LogP contribution in [0.5, 0.6) is 0 Å². The summed E-state index contributed by atoms with van der Waals surface area (Å²) in [6.45, 7) is 0.593. The zero-order chi connectivity index (χ0) is 18.0. The average molecular weight is 346 g/mol. The molecule has 0 fully saturated rings. The molecule has 1 aromatic carbocycles. The van der Waals surface area contributed by atoms with Gasteiger partial charge >= 0.3 is 18.1 Å². The van der Waals surface area contributed by atoms with E-state index in [2.05, 4.69) is 11.7 Å². The van der Waals surface area contributed by atoms with Crippen molar-refractivity contribution in [2.75, 3.05) is 13.2 Å². The fraction of sp³-hybridized carbons (Fsp3) is 0.529. The summed E-state index contributed by atoms with van der Waals surface area (Å²) in [7, 11) is 0. The molecule has 0 spiro atoms. The number of alkyl halides is 3. The monoisotopic (exact) mass is 346 g/mol. The summed E-state index contributed by atoms with van der Waals surface area (Å²) in [5.74, 6) is -1.95. The maximum absolute atomic E-state index is 12.1. The van der Waals surface area contributed by atoms with Crippen LogP contribution in [-0.4, -0.2) is 31.3 Å². The van der Waals surface area contributed by atoms with Crippen LogP contribution in [0.1, 0.15) is 59.7 Å². The number of carbonyl (C=O) groups excluding carboxylic acids is 2. The van der Waals surface area contributed by atoms with Crippen LogP contribution >= 0.6 is 0 Å². The van der Waals surface area contributed by atoms with E-state index in [1.807, 2.05) is 0 Å². The number of carbonyl (C=O) groups is 2. The van der Waals surface area contributed by atoms with Crippen LogP contribution in [0.25, 0.3) is 0 Å². The average Bonchev–Trinajstić information content (AvgIpc) is 2.55. The standard InChI is InChI=1S/C17H21F3O4/c1-2-3-4-5-8-11-23-15(21)13-9-6-7-10-14(13)16(22)24-12-17(18,19)20/h6-7,9-10H,2-5,8,11-12H2,1H3. The Morgan fingerprint density at radius 2 is 1.46 bits per heavy atom. The molecule has 24 heavy (non-hydrogen) atoms. The lowest BCUT2D eigenvalue weighted by molar-refractivity contribution is -0.161. The van der Waals surface area contributed by atoms with Gasteiger partial charge in [0, 0.05) is 0 Å². The summed E-state index contributed by atoms with van der Waals surface area (Å²) in [6.07, 6.45) is 0.274. The number of ether oxygens (including phenoxy) is 2. The molecule has 0 saturated heterocycles. The Morgan fingerprint density at radius 1 is 0.917 bits per heavy atom. The second-order valence-electron chi connectivity index (χ2n) is 5.29. The van der Waals surface area contributed by atoms with Gasteiger partial charge in [0.2, 0.25) is 0 Å². The largest absolute Gasteiger partial charge is 0.462 e. The van der Waals surface area contributed by atoms with Crippen LogP contribution in [-0.2, 0) is 9.47 Å². The Labute approximate surface area is 138 Å². The molecule has 0 saturated carbocycles. The van der Waals surface area contributed by atoms with Gasteiger partial charge < -0.3 is 9.47 Å². The van der Waals surface area contributed by atoms with Crippen molar-refractivity contribution < 1.29 is 32.2 Å². The lowest BCUT2D eigenvalue weighted by Crippen LogP contribution is -2.22. The molecule has 0 heterocycles. The Hall–Kier alpha value is -2.05. The van der Waals surface area contributed by atoms with E-state index in [4.69, 9.17) is 4.74 Å². The van der Waals surface area contributed by atoms with E-state index in [-0.39, 0.29) is 17.7 Å². The van der Waals surface area contributed by atoms with E-state index in [1.165, 1.54) is 24.3 Å². The number of unbranched alkanes of at least 4 members (excludes halogenated alkanes) is 4. The fourth-order valence-electron chi connectivity index (χ4n) is 2.01. The number of halogens is 3. The SMILES string of the molecule is CCCCCCCOC(=O)c1ccccc1C(=O)OCC(F)(F)F. The molecular weight excluding hydrogens is 325 g/mol. The summed E-state index contributed by atoms with van der Waals surface area (Å²) < 4.78 is 45.6. The number of rotatable bonds is 9. The van der Waals surface area contributed by atoms with Crippen molar-refractivity contribution in [3.63, 3.8) is 0 Å². The van der Waals surface area contributed by atoms with Crippen molar-refractivity contribution in [2.45, 2.75) is 45.2 Å². The van der Waals surface area contributed by atoms with Crippen LogP contribution in [0.3, 0.4) is 0 Å². The van der Waals surface area contributed by atoms with Crippen molar-refractivity contribution in [3.8, 4) is 0 Å². The third-order valence-corrected chi connectivity index (χ3v) is 3.21. The zero-order valence-electron chi connectivity index (χ0n) is 13.5. The molecular formula is C17H21F3O4. The minimum atomic E-state index is -4.62. The minimum absolute atomic E-state index is 0.0989. The number of hydrogen-bond acceptors (Lipinski definition) is 4. The van der Waals surface area contributed by atoms with E-state index in [0.717, 1.165) is 25.7 Å². The molecule has 1 rings (SSSR count). The normalized spacial score (nSPS) is 11.2. The van der Waals surface area contributed by atoms with Crippen molar-refractivity contribution in [2.24, 2.45) is 0 Å². The molecule has 134 valence electrons. The lowest BCUT2D eigenvalue weighted by Gasteiger charge is -2.11. The molecule has 0 aromatic heterocycles. The zero-order valence-corrected chi connectivity index (χ0v) is 13.5. The number of esters is 2. The number of hydrogen-bond donors (Lipinski definition) is 0. The Balaban J connectivity index is 2.58. The van der Waals surface area contributed by atoms with E-state index in [9.17, 15) is 22.8 Å². The van der Waals surface area contributed by atoms with Gasteiger partial charge in [-0.05, 0) is 18.6 Å². The quantitative estimate of drug-likeness (QED) is 0.487. The molecule has 0 N–H and O–H groups in total. The van der Waals surface area contributed by atoms with Gasteiger partial charge in [0.25, 0.3) is 0 Å². The first-order chi connectivity index (χ1) is 11.3. The van der Waals surface area contributed by atoms with Crippen molar-refractivity contribution in [1.82, 2.24) is 0 Å². The Kier molecular flexibility index (Phi) is 8.29. The Bertz CT molecular complexity index is 541. The summed E-state index contributed by atoms with van der Waals surface area (Å²) in [5.41, 5.74) is -0.337. The smallest absolute Gasteiger partial charge is 0.422 e. The maximum atomic E-state index is 12.1. The van der Waals surface area contributed by atoms with Crippen LogP contribution in [0, 0.1) is 0 Å². The van der Waals surface area contributed by atoms with Gasteiger partial charge in [-0.15, -0.1) is 0 Å². The number of benzene rings is 1. The van der Waals surface area contributed by atoms with Gasteiger partial charge in [-0.1, -0.05) is 44.7 Å². The first kappa shape index (κ1) is 20.0. The summed E-state index contributed by atoms with van der Waals surface area (Å²) in [5, 5.41) is 0. The molecule has 0 atom stereocenters. The summed E-state index contributed by atoms with van der Waals surface area (Å²) >= 11 is 0. The highest BCUT2D eigenvalue weighted by molar-refractivity contribution is 6.03. The predicted molar refractivity (Wildman–Crippen MR) is 81.8 cm³/mol. The van der Waals surface area contributed by atoms with E-state index < -0.39 is 24.7 Å². The van der Waals surface area contributed by atoms with E-state index >= 15 is 0 Å². The molecule has 0 radical (unpaired) electrons. The summed E-state index contributed by atoms with van der Waals surface area (Å²) in [6, 6.07) is 5.49. The van der Waals surface area contributed by atoms with Crippen molar-refractivity contribution in [3.05, 3.63) is 35.4 Å². The third kappa shape index (κ3) is 7.48. The molecule has 0 amide bonds. The second-order valence-corrected chi connectivity index (χ2v) is 5.29. The minimum Gasteiger partial charge on any atom is -0.462 e. The van der Waals surface area contributed by atoms with Gasteiger partial charge in [-0.25, -0.2) is 9.59 Å². The molecule has 0 aliphatic heterocycles. The molecule has 7 heteroatoms. The highest BCUT2D eigenvalue weighted by Gasteiger charge is 2.30. The van der Waals surface area contributed by atoms with Gasteiger partial charge in [0.05, 0.1) is 17.7 Å². The van der Waals surface area contributed by atoms with Gasteiger partial charge in [-0.3, -0.25) is 0 Å². The molecule has 1 aromatic rings. The van der Waals surface area contributed by atoms with E-state index in [1.54, 1.807) is 0 Å². The highest BCUT2D eigenvalue weighted by atomic mass is 19.4. The van der Waals surface area contributed by atoms with Gasteiger partial charge in [0.1, 0.15) is 0 Å². The van der Waals surface area contributed by atoms with Crippen LogP contribution in [0.15, 0.2) is 24.3 Å². The molecule has 4 nitrogen and oxygen atoms in total. The first-order valence-corrected chi connectivity index (χ1v) is 7.85. The molecule has 0 aliphatic rings. The fourth-order valence-corrected chi connectivity index (χ4v) is 2.01. The summed E-state index contributed by atoms with van der Waals surface area (Å²) in [4.78, 5) is 23.7. The van der Waals surface area contributed by atoms with Crippen LogP contribution in [0.2, 0.25) is 0 Å². The Morgan fingerprint density at radius 3 is 2.00 bits per heavy atom. The van der Waals surface area contributed by atoms with Crippen molar-refractivity contribution in [1.29, 1.82) is 0 Å². The topological polar surface area (TPSA) is 52.6 Å². The van der Waals surface area contributed by atoms with E-state index in [0.29, 0.717) is 6.42 Å². The molecule has 0 aliphatic carbocycles. The third-order valence-electron chi connectivity index (χ3n) is 3.21. The highest BCUT2D eigenvalue weighted by Crippen LogP contribution is 2.17. The second kappa shape index (κ2) is 9.95. The maximum Gasteiger partial charge on any atom is 0.422 e. The molecule has 0 bridgehead atoms. The van der Waals surface area contributed by atoms with Crippen LogP contribution in [0.4, 0.5) is 13.2 Å². The molecule has 0 unspecified atom stereocenters. The predicted octanol–water partition coefficient (Wildman–Crippen LogP) is 4.53. The van der Waals surface area contributed by atoms with Crippen molar-refractivity contribution >= 4 is 11.9 Å². The van der Waals surface area contributed by atoms with Gasteiger partial charge in [-0.2, -0.15) is 13.2 Å².